The first-order chi connectivity index (χ1) is 8.61. The van der Waals surface area contributed by atoms with E-state index in [1.807, 2.05) is 6.92 Å². The Hall–Kier alpha value is -1.04. The molecule has 0 fully saturated rings. The lowest BCUT2D eigenvalue weighted by molar-refractivity contribution is 0.595. The van der Waals surface area contributed by atoms with Crippen LogP contribution in [0.25, 0.3) is 11.3 Å². The van der Waals surface area contributed by atoms with Crippen LogP contribution in [0.2, 0.25) is 0 Å². The van der Waals surface area contributed by atoms with Gasteiger partial charge in [-0.15, -0.1) is 23.7 Å². The third-order valence-corrected chi connectivity index (χ3v) is 3.45. The van der Waals surface area contributed by atoms with E-state index >= 15 is 0 Å². The van der Waals surface area contributed by atoms with E-state index in [0.717, 1.165) is 11.6 Å². The molecule has 0 aliphatic heterocycles. The Labute approximate surface area is 121 Å². The van der Waals surface area contributed by atoms with Crippen LogP contribution in [0.4, 0.5) is 8.78 Å². The molecule has 0 amide bonds. The minimum atomic E-state index is -0.436. The van der Waals surface area contributed by atoms with Crippen LogP contribution in [0, 0.1) is 18.6 Å². The zero-order valence-corrected chi connectivity index (χ0v) is 12.3. The number of nitrogens with one attached hydrogen (secondary N) is 1. The standard InChI is InChI=1S/C13H14F2N2S.ClH/c1-3-16-6-13-17-12(7-18-13)9-5-10(14)8(2)4-11(9)15;/h4-5,7,16H,3,6H2,1-2H3;1H. The molecule has 0 atom stereocenters. The summed E-state index contributed by atoms with van der Waals surface area (Å²) in [5.41, 5.74) is 1.01. The third-order valence-electron chi connectivity index (χ3n) is 2.60. The minimum absolute atomic E-state index is 0. The van der Waals surface area contributed by atoms with Crippen LogP contribution in [0.1, 0.15) is 17.5 Å². The number of aryl methyl sites for hydroxylation is 1. The Balaban J connectivity index is 0.00000180. The van der Waals surface area contributed by atoms with Gasteiger partial charge in [-0.05, 0) is 31.2 Å². The van der Waals surface area contributed by atoms with Crippen LogP contribution >= 0.6 is 23.7 Å². The van der Waals surface area contributed by atoms with E-state index in [-0.39, 0.29) is 18.0 Å². The maximum atomic E-state index is 13.8. The number of hydrogen-bond donors (Lipinski definition) is 1. The SMILES string of the molecule is CCNCc1nc(-c2cc(F)c(C)cc2F)cs1.Cl. The molecule has 0 saturated heterocycles. The van der Waals surface area contributed by atoms with Crippen molar-refractivity contribution in [2.45, 2.75) is 20.4 Å². The average Bonchev–Trinajstić information content (AvgIpc) is 2.79. The van der Waals surface area contributed by atoms with Gasteiger partial charge in [0.25, 0.3) is 0 Å². The van der Waals surface area contributed by atoms with E-state index in [9.17, 15) is 8.78 Å². The molecular weight excluding hydrogens is 290 g/mol. The molecule has 0 bridgehead atoms. The highest BCUT2D eigenvalue weighted by Crippen LogP contribution is 2.26. The number of aromatic nitrogens is 1. The average molecular weight is 305 g/mol. The Bertz CT molecular complexity index is 558. The number of nitrogens with zero attached hydrogens (tertiary/aromatic N) is 1. The van der Waals surface area contributed by atoms with E-state index < -0.39 is 11.6 Å². The largest absolute Gasteiger partial charge is 0.311 e. The van der Waals surface area contributed by atoms with Gasteiger partial charge in [0.2, 0.25) is 0 Å². The highest BCUT2D eigenvalue weighted by molar-refractivity contribution is 7.09. The summed E-state index contributed by atoms with van der Waals surface area (Å²) in [5.74, 6) is -0.846. The second kappa shape index (κ2) is 6.93. The summed E-state index contributed by atoms with van der Waals surface area (Å²) in [7, 11) is 0. The second-order valence-corrected chi connectivity index (χ2v) is 4.93. The first-order valence-electron chi connectivity index (χ1n) is 5.73. The number of halogens is 3. The molecule has 19 heavy (non-hydrogen) atoms. The number of rotatable bonds is 4. The van der Waals surface area contributed by atoms with Crippen molar-refractivity contribution in [2.75, 3.05) is 6.54 Å². The van der Waals surface area contributed by atoms with Crippen molar-refractivity contribution in [1.29, 1.82) is 0 Å². The van der Waals surface area contributed by atoms with Gasteiger partial charge in [-0.25, -0.2) is 13.8 Å². The van der Waals surface area contributed by atoms with Crippen molar-refractivity contribution in [3.05, 3.63) is 39.7 Å². The molecule has 104 valence electrons. The van der Waals surface area contributed by atoms with Crippen LogP contribution in [0.15, 0.2) is 17.5 Å². The molecule has 0 aliphatic rings. The second-order valence-electron chi connectivity index (χ2n) is 3.99. The van der Waals surface area contributed by atoms with E-state index in [4.69, 9.17) is 0 Å². The summed E-state index contributed by atoms with van der Waals surface area (Å²) in [4.78, 5) is 4.30. The lowest BCUT2D eigenvalue weighted by atomic mass is 10.1. The zero-order chi connectivity index (χ0) is 13.1. The zero-order valence-electron chi connectivity index (χ0n) is 10.7. The summed E-state index contributed by atoms with van der Waals surface area (Å²) in [6.07, 6.45) is 0. The van der Waals surface area contributed by atoms with Crippen LogP contribution in [-0.2, 0) is 6.54 Å². The monoisotopic (exact) mass is 304 g/mol. The Morgan fingerprint density at radius 1 is 1.26 bits per heavy atom. The first kappa shape index (κ1) is 16.0. The Morgan fingerprint density at radius 3 is 2.68 bits per heavy atom. The molecule has 1 heterocycles. The summed E-state index contributed by atoms with van der Waals surface area (Å²) in [6.45, 7) is 5.04. The summed E-state index contributed by atoms with van der Waals surface area (Å²) in [6, 6.07) is 2.41. The van der Waals surface area contributed by atoms with Crippen LogP contribution in [0.3, 0.4) is 0 Å². The molecule has 1 N–H and O–H groups in total. The third kappa shape index (κ3) is 3.72. The number of benzene rings is 1. The van der Waals surface area contributed by atoms with E-state index in [0.29, 0.717) is 17.8 Å². The van der Waals surface area contributed by atoms with E-state index in [1.165, 1.54) is 23.5 Å². The van der Waals surface area contributed by atoms with Gasteiger partial charge < -0.3 is 5.32 Å². The minimum Gasteiger partial charge on any atom is -0.311 e. The van der Waals surface area contributed by atoms with E-state index in [1.54, 1.807) is 12.3 Å². The normalized spacial score (nSPS) is 10.3. The quantitative estimate of drug-likeness (QED) is 0.926. The first-order valence-corrected chi connectivity index (χ1v) is 6.61. The van der Waals surface area contributed by atoms with Crippen LogP contribution in [0.5, 0.6) is 0 Å². The molecule has 6 heteroatoms. The molecule has 0 saturated carbocycles. The maximum Gasteiger partial charge on any atom is 0.133 e. The fraction of sp³-hybridized carbons (Fsp3) is 0.308. The molecule has 2 nitrogen and oxygen atoms in total. The van der Waals surface area contributed by atoms with Gasteiger partial charge in [-0.2, -0.15) is 0 Å². The molecule has 2 rings (SSSR count). The Kier molecular flexibility index (Phi) is 5.85. The molecule has 0 spiro atoms. The smallest absolute Gasteiger partial charge is 0.133 e. The van der Waals surface area contributed by atoms with Crippen molar-refractivity contribution < 1.29 is 8.78 Å². The van der Waals surface area contributed by atoms with Crippen LogP contribution < -0.4 is 5.32 Å². The van der Waals surface area contributed by atoms with Crippen molar-refractivity contribution in [1.82, 2.24) is 10.3 Å². The summed E-state index contributed by atoms with van der Waals surface area (Å²) >= 11 is 1.44. The molecule has 2 aromatic rings. The van der Waals surface area contributed by atoms with Crippen molar-refractivity contribution >= 4 is 23.7 Å². The van der Waals surface area contributed by atoms with Gasteiger partial charge in [-0.3, -0.25) is 0 Å². The molecule has 0 aliphatic carbocycles. The summed E-state index contributed by atoms with van der Waals surface area (Å²) < 4.78 is 27.2. The van der Waals surface area contributed by atoms with Gasteiger partial charge in [0.15, 0.2) is 0 Å². The number of thiazole rings is 1. The topological polar surface area (TPSA) is 24.9 Å². The highest BCUT2D eigenvalue weighted by Gasteiger charge is 2.12. The van der Waals surface area contributed by atoms with Gasteiger partial charge in [-0.1, -0.05) is 6.92 Å². The molecule has 0 radical (unpaired) electrons. The fourth-order valence-corrected chi connectivity index (χ4v) is 2.35. The van der Waals surface area contributed by atoms with Crippen molar-refractivity contribution in [3.8, 4) is 11.3 Å². The Morgan fingerprint density at radius 2 is 2.00 bits per heavy atom. The van der Waals surface area contributed by atoms with Crippen molar-refractivity contribution in [2.24, 2.45) is 0 Å². The maximum absolute atomic E-state index is 13.8. The molecular formula is C13H15ClF2N2S. The van der Waals surface area contributed by atoms with Crippen molar-refractivity contribution in [3.63, 3.8) is 0 Å². The van der Waals surface area contributed by atoms with Gasteiger partial charge in [0.05, 0.1) is 5.69 Å². The predicted octanol–water partition coefficient (Wildman–Crippen LogP) is 3.93. The van der Waals surface area contributed by atoms with Crippen LogP contribution in [-0.4, -0.2) is 11.5 Å². The molecule has 1 aromatic carbocycles. The van der Waals surface area contributed by atoms with Gasteiger partial charge in [0, 0.05) is 17.5 Å². The molecule has 1 aromatic heterocycles. The lowest BCUT2D eigenvalue weighted by Crippen LogP contribution is -2.11. The number of hydrogen-bond acceptors (Lipinski definition) is 3. The molecule has 0 unspecified atom stereocenters. The highest BCUT2D eigenvalue weighted by atomic mass is 35.5. The lowest BCUT2D eigenvalue weighted by Gasteiger charge is -2.02. The van der Waals surface area contributed by atoms with Gasteiger partial charge in [0.1, 0.15) is 16.6 Å². The van der Waals surface area contributed by atoms with Gasteiger partial charge >= 0.3 is 0 Å². The van der Waals surface area contributed by atoms with E-state index in [2.05, 4.69) is 10.3 Å². The fourth-order valence-electron chi connectivity index (χ4n) is 1.59. The predicted molar refractivity (Wildman–Crippen MR) is 76.8 cm³/mol. The summed E-state index contributed by atoms with van der Waals surface area (Å²) in [5, 5.41) is 5.76.